The molecule has 28 heavy (non-hydrogen) atoms. The van der Waals surface area contributed by atoms with Crippen LogP contribution in [0.5, 0.6) is 0 Å². The van der Waals surface area contributed by atoms with Crippen molar-refractivity contribution in [3.8, 4) is 0 Å². The van der Waals surface area contributed by atoms with E-state index in [2.05, 4.69) is 20.4 Å². The fraction of sp³-hybridized carbons (Fsp3) is 0.824. The number of carbonyl (C=O) groups is 1. The molecule has 0 saturated carbocycles. The van der Waals surface area contributed by atoms with Gasteiger partial charge in [0.05, 0.1) is 11.7 Å². The van der Waals surface area contributed by atoms with E-state index >= 15 is 0 Å². The van der Waals surface area contributed by atoms with Gasteiger partial charge in [0, 0.05) is 4.57 Å². The molecule has 1 rings (SSSR count). The molecule has 0 spiro atoms. The summed E-state index contributed by atoms with van der Waals surface area (Å²) >= 11 is 0. The predicted octanol–water partition coefficient (Wildman–Crippen LogP) is 2.82. The lowest BCUT2D eigenvalue weighted by Crippen LogP contribution is -2.44. The number of nitrogens with zero attached hydrogens (tertiary/aromatic N) is 2. The third kappa shape index (κ3) is 9.96. The minimum absolute atomic E-state index is 0.0958. The highest BCUT2D eigenvalue weighted by Gasteiger charge is 2.34. The van der Waals surface area contributed by atoms with Crippen LogP contribution in [0.2, 0.25) is 0 Å². The lowest BCUT2D eigenvalue weighted by atomic mass is 10.2. The van der Waals surface area contributed by atoms with Gasteiger partial charge in [0.25, 0.3) is 12.4 Å². The third-order valence-corrected chi connectivity index (χ3v) is 3.64. The van der Waals surface area contributed by atoms with Crippen molar-refractivity contribution in [1.82, 2.24) is 10.4 Å². The number of nitrogens with one attached hydrogen (secondary N) is 2. The molecule has 0 amide bonds. The Kier molecular flexibility index (Phi) is 8.34. The second-order valence-corrected chi connectivity index (χ2v) is 9.40. The Balaban J connectivity index is 2.81. The summed E-state index contributed by atoms with van der Waals surface area (Å²) in [6.07, 6.45) is -1.20. The summed E-state index contributed by atoms with van der Waals surface area (Å²) in [4.78, 5) is 20.2. The minimum atomic E-state index is -2.46. The van der Waals surface area contributed by atoms with E-state index in [4.69, 9.17) is 18.7 Å². The van der Waals surface area contributed by atoms with E-state index in [9.17, 15) is 9.36 Å². The normalized spacial score (nSPS) is 19.2. The molecule has 0 aromatic carbocycles. The zero-order valence-electron chi connectivity index (χ0n) is 18.0. The van der Waals surface area contributed by atoms with Crippen LogP contribution in [-0.4, -0.2) is 47.7 Å². The molecule has 0 aromatic rings. The molecule has 11 heteroatoms. The van der Waals surface area contributed by atoms with Crippen molar-refractivity contribution in [3.63, 3.8) is 0 Å². The maximum Gasteiger partial charge on any atom is 0.667 e. The SMILES string of the molecule is CC(C)OC(=O)C(C)N[P+](=O)OC1=NC(OC(C)(C)C)N=C(OC(C)(C)C)N1. The first-order valence-corrected chi connectivity index (χ1v) is 10.2. The number of carbonyl (C=O) groups excluding carboxylic acids is 1. The summed E-state index contributed by atoms with van der Waals surface area (Å²) in [6, 6.07) is -0.792. The molecule has 0 aliphatic carbocycles. The lowest BCUT2D eigenvalue weighted by molar-refractivity contribution is -0.148. The van der Waals surface area contributed by atoms with Crippen LogP contribution in [0.15, 0.2) is 9.98 Å². The first-order valence-electron chi connectivity index (χ1n) is 9.06. The predicted molar refractivity (Wildman–Crippen MR) is 106 cm³/mol. The Labute approximate surface area is 167 Å². The van der Waals surface area contributed by atoms with Gasteiger partial charge in [-0.1, -0.05) is 5.09 Å². The van der Waals surface area contributed by atoms with Crippen molar-refractivity contribution in [3.05, 3.63) is 0 Å². The van der Waals surface area contributed by atoms with E-state index in [1.807, 2.05) is 41.5 Å². The molecule has 3 unspecified atom stereocenters. The standard InChI is InChI=1S/C17H32N4O6P/c1-10(2)24-12(22)11(3)21-28(23)27-15-19-13(25-16(4,5)6)18-14(20-15)26-17(7,8)9/h10-11,13H,1-9H3,(H,21,23)(H,18,19,20)/q+1. The van der Waals surface area contributed by atoms with Crippen molar-refractivity contribution in [2.45, 2.75) is 92.0 Å². The average molecular weight is 419 g/mol. The second-order valence-electron chi connectivity index (χ2n) is 8.45. The smallest absolute Gasteiger partial charge is 0.462 e. The van der Waals surface area contributed by atoms with Gasteiger partial charge >= 0.3 is 20.2 Å². The zero-order valence-corrected chi connectivity index (χ0v) is 18.9. The molecule has 3 atom stereocenters. The van der Waals surface area contributed by atoms with Crippen molar-refractivity contribution in [2.75, 3.05) is 0 Å². The quantitative estimate of drug-likeness (QED) is 0.498. The Morgan fingerprint density at radius 1 is 1.07 bits per heavy atom. The fourth-order valence-corrected chi connectivity index (χ4v) is 2.52. The van der Waals surface area contributed by atoms with Gasteiger partial charge in [-0.05, 0) is 62.3 Å². The van der Waals surface area contributed by atoms with E-state index in [0.29, 0.717) is 0 Å². The topological polar surface area (TPSA) is 120 Å². The van der Waals surface area contributed by atoms with Crippen LogP contribution in [0.1, 0.15) is 62.3 Å². The van der Waals surface area contributed by atoms with Gasteiger partial charge in [-0.3, -0.25) is 10.1 Å². The van der Waals surface area contributed by atoms with E-state index < -0.39 is 37.7 Å². The summed E-state index contributed by atoms with van der Waals surface area (Å²) in [5.74, 6) is -0.534. The van der Waals surface area contributed by atoms with Crippen LogP contribution >= 0.6 is 8.18 Å². The van der Waals surface area contributed by atoms with Gasteiger partial charge in [-0.25, -0.2) is 0 Å². The number of rotatable bonds is 6. The third-order valence-electron chi connectivity index (χ3n) is 2.70. The highest BCUT2D eigenvalue weighted by atomic mass is 31.1. The van der Waals surface area contributed by atoms with E-state index in [1.54, 1.807) is 13.8 Å². The Morgan fingerprint density at radius 2 is 1.64 bits per heavy atom. The molecule has 0 radical (unpaired) electrons. The number of amidine groups is 2. The number of ether oxygens (including phenoxy) is 3. The largest absolute Gasteiger partial charge is 0.667 e. The molecule has 0 bridgehead atoms. The average Bonchev–Trinajstić information content (AvgIpc) is 2.41. The monoisotopic (exact) mass is 419 g/mol. The number of hydrogen-bond acceptors (Lipinski definition) is 9. The second kappa shape index (κ2) is 9.62. The van der Waals surface area contributed by atoms with Gasteiger partial charge in [0.1, 0.15) is 11.6 Å². The minimum Gasteiger partial charge on any atom is -0.462 e. The maximum absolute atomic E-state index is 12.3. The van der Waals surface area contributed by atoms with Gasteiger partial charge in [0.2, 0.25) is 0 Å². The highest BCUT2D eigenvalue weighted by Crippen LogP contribution is 2.22. The summed E-state index contributed by atoms with van der Waals surface area (Å²) in [7, 11) is -2.46. The van der Waals surface area contributed by atoms with Crippen LogP contribution in [-0.2, 0) is 28.1 Å². The van der Waals surface area contributed by atoms with Crippen molar-refractivity contribution < 1.29 is 28.1 Å². The van der Waals surface area contributed by atoms with Gasteiger partial charge < -0.3 is 14.2 Å². The molecule has 0 saturated heterocycles. The number of esters is 1. The molecule has 1 aliphatic heterocycles. The Bertz CT molecular complexity index is 637. The molecule has 160 valence electrons. The number of hydrogen-bond donors (Lipinski definition) is 2. The molecule has 1 aliphatic rings. The van der Waals surface area contributed by atoms with Crippen LogP contribution in [0.25, 0.3) is 0 Å². The summed E-state index contributed by atoms with van der Waals surface area (Å²) < 4.78 is 34.1. The van der Waals surface area contributed by atoms with Crippen molar-refractivity contribution in [2.24, 2.45) is 9.98 Å². The molecule has 1 heterocycles. The zero-order chi connectivity index (χ0) is 21.7. The van der Waals surface area contributed by atoms with Crippen molar-refractivity contribution in [1.29, 1.82) is 0 Å². The van der Waals surface area contributed by atoms with Crippen LogP contribution in [0.4, 0.5) is 0 Å². The van der Waals surface area contributed by atoms with E-state index in [0.717, 1.165) is 0 Å². The Hall–Kier alpha value is -1.77. The maximum atomic E-state index is 12.3. The Morgan fingerprint density at radius 3 is 2.14 bits per heavy atom. The summed E-state index contributed by atoms with van der Waals surface area (Å²) in [5, 5.41) is 5.26. The van der Waals surface area contributed by atoms with Crippen LogP contribution in [0, 0.1) is 0 Å². The molecular formula is C17H32N4O6P+. The van der Waals surface area contributed by atoms with Gasteiger partial charge in [0.15, 0.2) is 0 Å². The van der Waals surface area contributed by atoms with Crippen LogP contribution in [0.3, 0.4) is 0 Å². The fourth-order valence-electron chi connectivity index (χ4n) is 1.79. The molecule has 10 nitrogen and oxygen atoms in total. The molecule has 2 N–H and O–H groups in total. The molecule has 0 aromatic heterocycles. The number of aliphatic imine (C=N–C) groups is 2. The first-order chi connectivity index (χ1) is 12.6. The highest BCUT2D eigenvalue weighted by molar-refractivity contribution is 7.37. The summed E-state index contributed by atoms with van der Waals surface area (Å²) in [5.41, 5.74) is -1.06. The van der Waals surface area contributed by atoms with Gasteiger partial charge in [-0.2, -0.15) is 14.5 Å². The van der Waals surface area contributed by atoms with Crippen molar-refractivity contribution >= 4 is 26.2 Å². The lowest BCUT2D eigenvalue weighted by Gasteiger charge is -2.28. The van der Waals surface area contributed by atoms with E-state index in [-0.39, 0.29) is 18.1 Å². The molecule has 0 fully saturated rings. The van der Waals surface area contributed by atoms with Gasteiger partial charge in [-0.15, -0.1) is 0 Å². The van der Waals surface area contributed by atoms with E-state index in [1.165, 1.54) is 6.92 Å². The van der Waals surface area contributed by atoms with Crippen LogP contribution < -0.4 is 10.4 Å². The first kappa shape index (κ1) is 24.3. The summed E-state index contributed by atoms with van der Waals surface area (Å²) in [6.45, 7) is 16.1. The molecular weight excluding hydrogens is 387 g/mol.